The molecule has 0 aliphatic heterocycles. The normalized spacial score (nSPS) is 21.4. The van der Waals surface area contributed by atoms with E-state index in [1.165, 1.54) is 32.1 Å². The maximum Gasteiger partial charge on any atom is 0.0948 e. The molecular weight excluding hydrogens is 214 g/mol. The molecule has 1 aromatic heterocycles. The second-order valence-corrected chi connectivity index (χ2v) is 5.61. The lowest BCUT2D eigenvalue weighted by Crippen LogP contribution is -2.28. The minimum atomic E-state index is -0.315. The van der Waals surface area contributed by atoms with E-state index in [4.69, 9.17) is 10.8 Å². The van der Waals surface area contributed by atoms with E-state index >= 15 is 0 Å². The summed E-state index contributed by atoms with van der Waals surface area (Å²) in [6.07, 6.45) is 10.2. The minimum absolute atomic E-state index is 0.0254. The quantitative estimate of drug-likeness (QED) is 0.840. The lowest BCUT2D eigenvalue weighted by atomic mass is 9.75. The third kappa shape index (κ3) is 2.87. The number of nitrogens with two attached hydrogens (primary N) is 1. The standard InChI is InChI=1S/C13H23N3O/c1-13(5-3-2-4-6-13)9-16-10-15-7-12(16)11(14)8-17/h7,10-11,17H,2-6,8-9,14H2,1H3. The summed E-state index contributed by atoms with van der Waals surface area (Å²) in [6.45, 7) is 3.29. The topological polar surface area (TPSA) is 64.1 Å². The molecule has 0 radical (unpaired) electrons. The van der Waals surface area contributed by atoms with Crippen LogP contribution in [0.15, 0.2) is 12.5 Å². The van der Waals surface area contributed by atoms with Gasteiger partial charge in [0, 0.05) is 12.7 Å². The van der Waals surface area contributed by atoms with Gasteiger partial charge in [-0.2, -0.15) is 0 Å². The first-order valence-corrected chi connectivity index (χ1v) is 6.51. The van der Waals surface area contributed by atoms with Crippen LogP contribution in [-0.4, -0.2) is 21.3 Å². The van der Waals surface area contributed by atoms with Crippen LogP contribution in [-0.2, 0) is 6.54 Å². The Morgan fingerprint density at radius 3 is 2.82 bits per heavy atom. The highest BCUT2D eigenvalue weighted by Gasteiger charge is 2.28. The third-order valence-electron chi connectivity index (χ3n) is 3.93. The smallest absolute Gasteiger partial charge is 0.0948 e. The number of aliphatic hydroxyl groups excluding tert-OH is 1. The molecule has 1 saturated carbocycles. The largest absolute Gasteiger partial charge is 0.394 e. The van der Waals surface area contributed by atoms with Crippen LogP contribution >= 0.6 is 0 Å². The van der Waals surface area contributed by atoms with Gasteiger partial charge in [0.25, 0.3) is 0 Å². The molecular formula is C13H23N3O. The zero-order valence-electron chi connectivity index (χ0n) is 10.6. The Bertz CT molecular complexity index is 355. The molecule has 96 valence electrons. The number of nitrogens with zero attached hydrogens (tertiary/aromatic N) is 2. The molecule has 0 bridgehead atoms. The SMILES string of the molecule is CC1(Cn2cncc2C(N)CO)CCCCC1. The second kappa shape index (κ2) is 5.19. The van der Waals surface area contributed by atoms with Crippen LogP contribution in [0, 0.1) is 5.41 Å². The van der Waals surface area contributed by atoms with E-state index < -0.39 is 0 Å². The van der Waals surface area contributed by atoms with Crippen LogP contribution in [0.25, 0.3) is 0 Å². The van der Waals surface area contributed by atoms with Crippen molar-refractivity contribution in [2.45, 2.75) is 51.6 Å². The second-order valence-electron chi connectivity index (χ2n) is 5.61. The molecule has 1 aliphatic carbocycles. The molecule has 0 spiro atoms. The highest BCUT2D eigenvalue weighted by molar-refractivity contribution is 5.05. The zero-order valence-corrected chi connectivity index (χ0v) is 10.6. The molecule has 1 heterocycles. The summed E-state index contributed by atoms with van der Waals surface area (Å²) in [5.74, 6) is 0. The van der Waals surface area contributed by atoms with Gasteiger partial charge in [-0.1, -0.05) is 26.2 Å². The maximum atomic E-state index is 9.13. The van der Waals surface area contributed by atoms with E-state index in [1.807, 2.05) is 6.33 Å². The molecule has 1 aromatic rings. The van der Waals surface area contributed by atoms with Crippen LogP contribution in [0.3, 0.4) is 0 Å². The number of hydrogen-bond donors (Lipinski definition) is 2. The molecule has 17 heavy (non-hydrogen) atoms. The summed E-state index contributed by atoms with van der Waals surface area (Å²) in [5.41, 5.74) is 7.18. The minimum Gasteiger partial charge on any atom is -0.394 e. The summed E-state index contributed by atoms with van der Waals surface area (Å²) >= 11 is 0. The predicted octanol–water partition coefficient (Wildman–Crippen LogP) is 1.85. The Labute approximate surface area is 103 Å². The molecule has 1 aliphatic rings. The predicted molar refractivity (Wildman–Crippen MR) is 67.4 cm³/mol. The van der Waals surface area contributed by atoms with Crippen molar-refractivity contribution in [2.75, 3.05) is 6.61 Å². The highest BCUT2D eigenvalue weighted by atomic mass is 16.3. The van der Waals surface area contributed by atoms with Gasteiger partial charge in [0.05, 0.1) is 24.7 Å². The van der Waals surface area contributed by atoms with E-state index in [-0.39, 0.29) is 12.6 Å². The Balaban J connectivity index is 2.10. The maximum absolute atomic E-state index is 9.13. The van der Waals surface area contributed by atoms with Crippen molar-refractivity contribution in [3.05, 3.63) is 18.2 Å². The number of imidazole rings is 1. The number of rotatable bonds is 4. The Hall–Kier alpha value is -0.870. The first-order valence-electron chi connectivity index (χ1n) is 6.51. The van der Waals surface area contributed by atoms with E-state index in [1.54, 1.807) is 6.20 Å². The monoisotopic (exact) mass is 237 g/mol. The Morgan fingerprint density at radius 1 is 1.47 bits per heavy atom. The molecule has 1 unspecified atom stereocenters. The number of hydrogen-bond acceptors (Lipinski definition) is 3. The van der Waals surface area contributed by atoms with Gasteiger partial charge < -0.3 is 15.4 Å². The average molecular weight is 237 g/mol. The average Bonchev–Trinajstić information content (AvgIpc) is 2.76. The van der Waals surface area contributed by atoms with E-state index in [0.717, 1.165) is 12.2 Å². The van der Waals surface area contributed by atoms with Gasteiger partial charge in [0.1, 0.15) is 0 Å². The van der Waals surface area contributed by atoms with Gasteiger partial charge in [0.15, 0.2) is 0 Å². The fourth-order valence-electron chi connectivity index (χ4n) is 2.84. The van der Waals surface area contributed by atoms with Crippen molar-refractivity contribution >= 4 is 0 Å². The van der Waals surface area contributed by atoms with E-state index in [9.17, 15) is 0 Å². The van der Waals surface area contributed by atoms with Gasteiger partial charge in [0.2, 0.25) is 0 Å². The summed E-state index contributed by atoms with van der Waals surface area (Å²) in [4.78, 5) is 4.16. The van der Waals surface area contributed by atoms with Crippen molar-refractivity contribution in [2.24, 2.45) is 11.1 Å². The summed E-state index contributed by atoms with van der Waals surface area (Å²) in [5, 5.41) is 9.13. The zero-order chi connectivity index (χ0) is 12.3. The summed E-state index contributed by atoms with van der Waals surface area (Å²) < 4.78 is 2.12. The lowest BCUT2D eigenvalue weighted by molar-refractivity contribution is 0.178. The van der Waals surface area contributed by atoms with Crippen molar-refractivity contribution in [3.8, 4) is 0 Å². The van der Waals surface area contributed by atoms with Crippen molar-refractivity contribution < 1.29 is 5.11 Å². The molecule has 4 heteroatoms. The van der Waals surface area contributed by atoms with E-state index in [0.29, 0.717) is 5.41 Å². The molecule has 0 aromatic carbocycles. The molecule has 2 rings (SSSR count). The van der Waals surface area contributed by atoms with Crippen LogP contribution in [0.4, 0.5) is 0 Å². The number of aromatic nitrogens is 2. The van der Waals surface area contributed by atoms with Crippen LogP contribution in [0.5, 0.6) is 0 Å². The Kier molecular flexibility index (Phi) is 3.84. The fourth-order valence-corrected chi connectivity index (χ4v) is 2.84. The first kappa shape index (κ1) is 12.6. The first-order chi connectivity index (χ1) is 8.14. The van der Waals surface area contributed by atoms with Crippen molar-refractivity contribution in [1.82, 2.24) is 9.55 Å². The van der Waals surface area contributed by atoms with Crippen LogP contribution < -0.4 is 5.73 Å². The third-order valence-corrected chi connectivity index (χ3v) is 3.93. The fraction of sp³-hybridized carbons (Fsp3) is 0.769. The lowest BCUT2D eigenvalue weighted by Gasteiger charge is -2.34. The molecule has 0 amide bonds. The van der Waals surface area contributed by atoms with Crippen molar-refractivity contribution in [3.63, 3.8) is 0 Å². The van der Waals surface area contributed by atoms with E-state index in [2.05, 4.69) is 16.5 Å². The van der Waals surface area contributed by atoms with Crippen LogP contribution in [0.1, 0.15) is 50.8 Å². The highest BCUT2D eigenvalue weighted by Crippen LogP contribution is 2.37. The van der Waals surface area contributed by atoms with Gasteiger partial charge in [-0.15, -0.1) is 0 Å². The molecule has 0 saturated heterocycles. The molecule has 1 atom stereocenters. The van der Waals surface area contributed by atoms with Gasteiger partial charge in [-0.05, 0) is 18.3 Å². The van der Waals surface area contributed by atoms with Gasteiger partial charge in [-0.25, -0.2) is 4.98 Å². The van der Waals surface area contributed by atoms with Gasteiger partial charge in [-0.3, -0.25) is 0 Å². The summed E-state index contributed by atoms with van der Waals surface area (Å²) in [7, 11) is 0. The molecule has 1 fully saturated rings. The Morgan fingerprint density at radius 2 is 2.18 bits per heavy atom. The van der Waals surface area contributed by atoms with Crippen molar-refractivity contribution in [1.29, 1.82) is 0 Å². The number of aliphatic hydroxyl groups is 1. The van der Waals surface area contributed by atoms with Crippen LogP contribution in [0.2, 0.25) is 0 Å². The summed E-state index contributed by atoms with van der Waals surface area (Å²) in [6, 6.07) is -0.315. The molecule has 3 N–H and O–H groups in total. The molecule has 4 nitrogen and oxygen atoms in total. The van der Waals surface area contributed by atoms with Gasteiger partial charge >= 0.3 is 0 Å².